The summed E-state index contributed by atoms with van der Waals surface area (Å²) in [5.41, 5.74) is 1.71. The van der Waals surface area contributed by atoms with Crippen molar-refractivity contribution in [3.05, 3.63) is 33.1 Å². The molecule has 0 aliphatic carbocycles. The Morgan fingerprint density at radius 1 is 1.47 bits per heavy atom. The Morgan fingerprint density at radius 3 is 2.74 bits per heavy atom. The molecule has 0 fully saturated rings. The Kier molecular flexibility index (Phi) is 3.99. The second kappa shape index (κ2) is 5.52. The fourth-order valence-electron chi connectivity index (χ4n) is 1.97. The molecule has 5 nitrogen and oxygen atoms in total. The van der Waals surface area contributed by atoms with Crippen LogP contribution in [0, 0.1) is 20.8 Å². The summed E-state index contributed by atoms with van der Waals surface area (Å²) in [5, 5.41) is 7.70. The van der Waals surface area contributed by atoms with Crippen molar-refractivity contribution in [3.8, 4) is 0 Å². The highest BCUT2D eigenvalue weighted by Crippen LogP contribution is 2.22. The largest absolute Gasteiger partial charge is 0.361 e. The molecule has 0 aromatic carbocycles. The second-order valence-electron chi connectivity index (χ2n) is 4.57. The Labute approximate surface area is 116 Å². The number of carbonyl (C=O) groups excluding carboxylic acids is 1. The highest BCUT2D eigenvalue weighted by atomic mass is 32.1. The lowest BCUT2D eigenvalue weighted by Crippen LogP contribution is -2.28. The summed E-state index contributed by atoms with van der Waals surface area (Å²) < 4.78 is 5.03. The van der Waals surface area contributed by atoms with Crippen molar-refractivity contribution >= 4 is 17.2 Å². The molecule has 0 saturated carbocycles. The number of aryl methyl sites for hydroxylation is 3. The lowest BCUT2D eigenvalue weighted by Gasteiger charge is -2.11. The maximum Gasteiger partial charge on any atom is 0.228 e. The van der Waals surface area contributed by atoms with Gasteiger partial charge in [-0.3, -0.25) is 4.79 Å². The van der Waals surface area contributed by atoms with E-state index in [9.17, 15) is 4.79 Å². The summed E-state index contributed by atoms with van der Waals surface area (Å²) in [6.45, 7) is 7.75. The van der Waals surface area contributed by atoms with Crippen LogP contribution in [0.25, 0.3) is 0 Å². The maximum atomic E-state index is 11.9. The minimum Gasteiger partial charge on any atom is -0.361 e. The standard InChI is InChI=1S/C13H17N3O2S/c1-7-5-11(18-16-7)6-12(17)14-8(2)13-9(3)19-10(4)15-13/h5,8H,6H2,1-4H3,(H,14,17)/t8-/m0/s1. The number of thiazole rings is 1. The first-order valence-electron chi connectivity index (χ1n) is 6.11. The third-order valence-corrected chi connectivity index (χ3v) is 3.64. The van der Waals surface area contributed by atoms with Gasteiger partial charge in [-0.05, 0) is 27.7 Å². The van der Waals surface area contributed by atoms with Gasteiger partial charge in [0.25, 0.3) is 0 Å². The van der Waals surface area contributed by atoms with Gasteiger partial charge in [0, 0.05) is 10.9 Å². The van der Waals surface area contributed by atoms with Crippen molar-refractivity contribution in [3.63, 3.8) is 0 Å². The Bertz CT molecular complexity index is 588. The zero-order valence-corrected chi connectivity index (χ0v) is 12.3. The number of hydrogen-bond donors (Lipinski definition) is 1. The molecular weight excluding hydrogens is 262 g/mol. The molecule has 0 spiro atoms. The topological polar surface area (TPSA) is 68.0 Å². The van der Waals surface area contributed by atoms with E-state index in [-0.39, 0.29) is 18.4 Å². The van der Waals surface area contributed by atoms with E-state index in [0.717, 1.165) is 21.3 Å². The first-order chi connectivity index (χ1) is 8.95. The van der Waals surface area contributed by atoms with Crippen LogP contribution >= 0.6 is 11.3 Å². The molecule has 0 unspecified atom stereocenters. The van der Waals surface area contributed by atoms with Crippen LogP contribution < -0.4 is 5.32 Å². The summed E-state index contributed by atoms with van der Waals surface area (Å²) >= 11 is 1.64. The Hall–Kier alpha value is -1.69. The molecule has 2 rings (SSSR count). The summed E-state index contributed by atoms with van der Waals surface area (Å²) in [6, 6.07) is 1.67. The molecule has 0 aliphatic rings. The van der Waals surface area contributed by atoms with Crippen LogP contribution in [-0.4, -0.2) is 16.0 Å². The molecular formula is C13H17N3O2S. The monoisotopic (exact) mass is 279 g/mol. The van der Waals surface area contributed by atoms with Gasteiger partial charge in [-0.15, -0.1) is 11.3 Å². The van der Waals surface area contributed by atoms with E-state index in [1.807, 2.05) is 27.7 Å². The van der Waals surface area contributed by atoms with Gasteiger partial charge in [0.05, 0.1) is 28.9 Å². The van der Waals surface area contributed by atoms with Crippen LogP contribution in [0.4, 0.5) is 0 Å². The van der Waals surface area contributed by atoms with Crippen molar-refractivity contribution in [2.24, 2.45) is 0 Å². The second-order valence-corrected chi connectivity index (χ2v) is 5.98. The molecule has 102 valence electrons. The van der Waals surface area contributed by atoms with E-state index >= 15 is 0 Å². The Morgan fingerprint density at radius 2 is 2.21 bits per heavy atom. The zero-order chi connectivity index (χ0) is 14.0. The molecule has 6 heteroatoms. The van der Waals surface area contributed by atoms with Gasteiger partial charge in [0.1, 0.15) is 5.76 Å². The lowest BCUT2D eigenvalue weighted by atomic mass is 10.2. The van der Waals surface area contributed by atoms with Crippen molar-refractivity contribution in [1.29, 1.82) is 0 Å². The quantitative estimate of drug-likeness (QED) is 0.933. The minimum absolute atomic E-state index is 0.0892. The average Bonchev–Trinajstić information content (AvgIpc) is 2.84. The third kappa shape index (κ3) is 3.41. The van der Waals surface area contributed by atoms with Crippen molar-refractivity contribution < 1.29 is 9.32 Å². The molecule has 1 atom stereocenters. The number of rotatable bonds is 4. The fourth-order valence-corrected chi connectivity index (χ4v) is 2.88. The molecule has 2 aromatic heterocycles. The average molecular weight is 279 g/mol. The summed E-state index contributed by atoms with van der Waals surface area (Å²) in [7, 11) is 0. The van der Waals surface area contributed by atoms with E-state index < -0.39 is 0 Å². The van der Waals surface area contributed by atoms with Crippen LogP contribution in [-0.2, 0) is 11.2 Å². The summed E-state index contributed by atoms with van der Waals surface area (Å²) in [4.78, 5) is 17.5. The number of hydrogen-bond acceptors (Lipinski definition) is 5. The summed E-state index contributed by atoms with van der Waals surface area (Å²) in [6.07, 6.45) is 0.202. The number of aromatic nitrogens is 2. The van der Waals surface area contributed by atoms with Crippen LogP contribution in [0.5, 0.6) is 0 Å². The normalized spacial score (nSPS) is 12.4. The molecule has 0 radical (unpaired) electrons. The van der Waals surface area contributed by atoms with Gasteiger partial charge in [0.15, 0.2) is 0 Å². The SMILES string of the molecule is Cc1cc(CC(=O)N[C@@H](C)c2nc(C)sc2C)on1. The number of nitrogens with one attached hydrogen (secondary N) is 1. The predicted octanol–water partition coefficient (Wildman–Crippen LogP) is 2.48. The first kappa shape index (κ1) is 13.7. The maximum absolute atomic E-state index is 11.9. The van der Waals surface area contributed by atoms with Gasteiger partial charge < -0.3 is 9.84 Å². The lowest BCUT2D eigenvalue weighted by molar-refractivity contribution is -0.121. The minimum atomic E-state index is -0.0959. The van der Waals surface area contributed by atoms with E-state index in [4.69, 9.17) is 4.52 Å². The van der Waals surface area contributed by atoms with Gasteiger partial charge in [-0.1, -0.05) is 5.16 Å². The fraction of sp³-hybridized carbons (Fsp3) is 0.462. The van der Waals surface area contributed by atoms with Crippen molar-refractivity contribution in [1.82, 2.24) is 15.5 Å². The smallest absolute Gasteiger partial charge is 0.228 e. The van der Waals surface area contributed by atoms with Crippen LogP contribution in [0.15, 0.2) is 10.6 Å². The van der Waals surface area contributed by atoms with E-state index in [1.165, 1.54) is 0 Å². The first-order valence-corrected chi connectivity index (χ1v) is 6.93. The zero-order valence-electron chi connectivity index (χ0n) is 11.5. The Balaban J connectivity index is 1.97. The van der Waals surface area contributed by atoms with Crippen LogP contribution in [0.3, 0.4) is 0 Å². The highest BCUT2D eigenvalue weighted by molar-refractivity contribution is 7.11. The third-order valence-electron chi connectivity index (χ3n) is 2.74. The highest BCUT2D eigenvalue weighted by Gasteiger charge is 2.16. The molecule has 2 aromatic rings. The molecule has 1 amide bonds. The van der Waals surface area contributed by atoms with E-state index in [0.29, 0.717) is 5.76 Å². The summed E-state index contributed by atoms with van der Waals surface area (Å²) in [5.74, 6) is 0.488. The van der Waals surface area contributed by atoms with Crippen molar-refractivity contribution in [2.45, 2.75) is 40.2 Å². The number of amides is 1. The molecule has 1 N–H and O–H groups in total. The molecule has 2 heterocycles. The molecule has 0 saturated heterocycles. The number of carbonyl (C=O) groups is 1. The molecule has 0 aliphatic heterocycles. The molecule has 0 bridgehead atoms. The van der Waals surface area contributed by atoms with Gasteiger partial charge in [-0.25, -0.2) is 4.98 Å². The van der Waals surface area contributed by atoms with Gasteiger partial charge in [0.2, 0.25) is 5.91 Å². The number of nitrogens with zero attached hydrogens (tertiary/aromatic N) is 2. The predicted molar refractivity (Wildman–Crippen MR) is 73.1 cm³/mol. The van der Waals surface area contributed by atoms with Crippen LogP contribution in [0.2, 0.25) is 0 Å². The van der Waals surface area contributed by atoms with Gasteiger partial charge >= 0.3 is 0 Å². The van der Waals surface area contributed by atoms with Gasteiger partial charge in [-0.2, -0.15) is 0 Å². The van der Waals surface area contributed by atoms with Crippen LogP contribution in [0.1, 0.15) is 40.0 Å². The molecule has 19 heavy (non-hydrogen) atoms. The van der Waals surface area contributed by atoms with Crippen molar-refractivity contribution in [2.75, 3.05) is 0 Å². The van der Waals surface area contributed by atoms with E-state index in [1.54, 1.807) is 17.4 Å². The van der Waals surface area contributed by atoms with E-state index in [2.05, 4.69) is 15.5 Å².